The molecule has 1 atom stereocenters. The van der Waals surface area contributed by atoms with Gasteiger partial charge in [-0.2, -0.15) is 5.10 Å². The summed E-state index contributed by atoms with van der Waals surface area (Å²) in [7, 11) is 0. The first kappa shape index (κ1) is 13.7. The number of carboxylic acid groups (broad SMARTS) is 1. The number of benzene rings is 1. The van der Waals surface area contributed by atoms with Crippen LogP contribution in [-0.2, 0) is 11.2 Å². The van der Waals surface area contributed by atoms with Crippen molar-refractivity contribution < 1.29 is 18.7 Å². The highest BCUT2D eigenvalue weighted by Gasteiger charge is 2.27. The number of aromatic nitrogens is 2. The second kappa shape index (κ2) is 5.27. The molecule has 0 radical (unpaired) electrons. The van der Waals surface area contributed by atoms with E-state index in [0.717, 1.165) is 42.3 Å². The summed E-state index contributed by atoms with van der Waals surface area (Å²) >= 11 is 0. The predicted octanol–water partition coefficient (Wildman–Crippen LogP) is 3.05. The predicted molar refractivity (Wildman–Crippen MR) is 71.4 cm³/mol. The SMILES string of the molecule is O=C(O)CC1CCCc2c1cnn2-c1cc(F)ccc1F. The van der Waals surface area contributed by atoms with E-state index in [1.807, 2.05) is 0 Å². The zero-order valence-electron chi connectivity index (χ0n) is 11.2. The van der Waals surface area contributed by atoms with Crippen molar-refractivity contribution >= 4 is 5.97 Å². The summed E-state index contributed by atoms with van der Waals surface area (Å²) in [4.78, 5) is 10.9. The lowest BCUT2D eigenvalue weighted by atomic mass is 9.85. The van der Waals surface area contributed by atoms with Crippen LogP contribution >= 0.6 is 0 Å². The Bertz CT molecular complexity index is 697. The minimum Gasteiger partial charge on any atom is -0.481 e. The van der Waals surface area contributed by atoms with E-state index in [0.29, 0.717) is 6.42 Å². The third kappa shape index (κ3) is 2.53. The Kier molecular flexibility index (Phi) is 3.45. The third-order valence-electron chi connectivity index (χ3n) is 3.86. The number of rotatable bonds is 3. The Labute approximate surface area is 120 Å². The zero-order valence-corrected chi connectivity index (χ0v) is 11.2. The molecule has 4 nitrogen and oxygen atoms in total. The molecule has 1 heterocycles. The quantitative estimate of drug-likeness (QED) is 0.946. The molecule has 0 saturated carbocycles. The van der Waals surface area contributed by atoms with Crippen LogP contribution in [0.25, 0.3) is 5.69 Å². The van der Waals surface area contributed by atoms with Gasteiger partial charge in [-0.25, -0.2) is 13.5 Å². The first-order chi connectivity index (χ1) is 10.1. The Balaban J connectivity index is 2.05. The Morgan fingerprint density at radius 3 is 3.00 bits per heavy atom. The van der Waals surface area contributed by atoms with Gasteiger partial charge in [0.15, 0.2) is 0 Å². The number of nitrogens with zero attached hydrogens (tertiary/aromatic N) is 2. The maximum absolute atomic E-state index is 13.9. The van der Waals surface area contributed by atoms with E-state index in [9.17, 15) is 13.6 Å². The molecule has 21 heavy (non-hydrogen) atoms. The molecule has 1 aliphatic carbocycles. The summed E-state index contributed by atoms with van der Waals surface area (Å²) in [5.41, 5.74) is 1.66. The number of halogens is 2. The van der Waals surface area contributed by atoms with Crippen molar-refractivity contribution in [2.75, 3.05) is 0 Å². The molecule has 1 aromatic heterocycles. The maximum Gasteiger partial charge on any atom is 0.303 e. The van der Waals surface area contributed by atoms with Gasteiger partial charge in [0.25, 0.3) is 0 Å². The van der Waals surface area contributed by atoms with Crippen LogP contribution in [0.3, 0.4) is 0 Å². The van der Waals surface area contributed by atoms with Crippen molar-refractivity contribution in [2.45, 2.75) is 31.6 Å². The van der Waals surface area contributed by atoms with Gasteiger partial charge in [0.1, 0.15) is 17.3 Å². The standard InChI is InChI=1S/C15H14F2N2O2/c16-10-4-5-12(17)14(7-10)19-13-3-1-2-9(6-15(20)21)11(13)8-18-19/h4-5,7-9H,1-3,6H2,(H,20,21). The molecule has 1 aromatic carbocycles. The molecular formula is C15H14F2N2O2. The number of hydrogen-bond acceptors (Lipinski definition) is 2. The number of carboxylic acids is 1. The molecule has 0 fully saturated rings. The molecule has 6 heteroatoms. The second-order valence-electron chi connectivity index (χ2n) is 5.24. The highest BCUT2D eigenvalue weighted by atomic mass is 19.1. The Morgan fingerprint density at radius 1 is 1.43 bits per heavy atom. The van der Waals surface area contributed by atoms with Gasteiger partial charge in [0, 0.05) is 11.8 Å². The molecule has 110 valence electrons. The summed E-state index contributed by atoms with van der Waals surface area (Å²) < 4.78 is 28.6. The van der Waals surface area contributed by atoms with Crippen molar-refractivity contribution in [3.8, 4) is 5.69 Å². The highest BCUT2D eigenvalue weighted by molar-refractivity contribution is 5.68. The van der Waals surface area contributed by atoms with Gasteiger partial charge in [0.2, 0.25) is 0 Å². The van der Waals surface area contributed by atoms with Crippen molar-refractivity contribution in [1.29, 1.82) is 0 Å². The van der Waals surface area contributed by atoms with E-state index in [1.54, 1.807) is 6.20 Å². The molecule has 0 spiro atoms. The van der Waals surface area contributed by atoms with Crippen LogP contribution in [0.4, 0.5) is 8.78 Å². The number of fused-ring (bicyclic) bond motifs is 1. The fourth-order valence-electron chi connectivity index (χ4n) is 2.93. The van der Waals surface area contributed by atoms with E-state index < -0.39 is 17.6 Å². The van der Waals surface area contributed by atoms with Gasteiger partial charge < -0.3 is 5.11 Å². The lowest BCUT2D eigenvalue weighted by Crippen LogP contribution is -2.15. The molecule has 2 aromatic rings. The van der Waals surface area contributed by atoms with Crippen molar-refractivity contribution in [2.24, 2.45) is 0 Å². The largest absolute Gasteiger partial charge is 0.481 e. The van der Waals surface area contributed by atoms with E-state index in [1.165, 1.54) is 4.68 Å². The fourth-order valence-corrected chi connectivity index (χ4v) is 2.93. The number of aliphatic carboxylic acids is 1. The topological polar surface area (TPSA) is 55.1 Å². The first-order valence-electron chi connectivity index (χ1n) is 6.80. The van der Waals surface area contributed by atoms with Crippen LogP contribution in [0.1, 0.15) is 36.4 Å². The average molecular weight is 292 g/mol. The monoisotopic (exact) mass is 292 g/mol. The molecule has 1 aliphatic rings. The van der Waals surface area contributed by atoms with Gasteiger partial charge in [-0.1, -0.05) is 0 Å². The molecule has 1 N–H and O–H groups in total. The van der Waals surface area contributed by atoms with Gasteiger partial charge in [0.05, 0.1) is 12.6 Å². The minimum atomic E-state index is -0.863. The minimum absolute atomic E-state index is 0.0321. The number of hydrogen-bond donors (Lipinski definition) is 1. The van der Waals surface area contributed by atoms with E-state index in [-0.39, 0.29) is 18.0 Å². The first-order valence-corrected chi connectivity index (χ1v) is 6.80. The van der Waals surface area contributed by atoms with E-state index in [2.05, 4.69) is 5.10 Å². The summed E-state index contributed by atoms with van der Waals surface area (Å²) in [6, 6.07) is 3.22. The van der Waals surface area contributed by atoms with Crippen LogP contribution in [0.15, 0.2) is 24.4 Å². The second-order valence-corrected chi connectivity index (χ2v) is 5.24. The van der Waals surface area contributed by atoms with Crippen molar-refractivity contribution in [3.05, 3.63) is 47.3 Å². The third-order valence-corrected chi connectivity index (χ3v) is 3.86. The van der Waals surface area contributed by atoms with Gasteiger partial charge in [-0.3, -0.25) is 4.79 Å². The van der Waals surface area contributed by atoms with Gasteiger partial charge >= 0.3 is 5.97 Å². The number of carbonyl (C=O) groups is 1. The summed E-state index contributed by atoms with van der Waals surface area (Å²) in [5.74, 6) is -2.06. The fraction of sp³-hybridized carbons (Fsp3) is 0.333. The summed E-state index contributed by atoms with van der Waals surface area (Å²) in [5, 5.41) is 13.1. The molecule has 0 aliphatic heterocycles. The van der Waals surface area contributed by atoms with E-state index >= 15 is 0 Å². The molecule has 0 bridgehead atoms. The molecule has 1 unspecified atom stereocenters. The Morgan fingerprint density at radius 2 is 2.24 bits per heavy atom. The zero-order chi connectivity index (χ0) is 15.0. The van der Waals surface area contributed by atoms with E-state index in [4.69, 9.17) is 5.11 Å². The summed E-state index contributed by atoms with van der Waals surface area (Å²) in [6.07, 6.45) is 3.88. The normalized spacial score (nSPS) is 17.5. The summed E-state index contributed by atoms with van der Waals surface area (Å²) in [6.45, 7) is 0. The molecule has 3 rings (SSSR count). The van der Waals surface area contributed by atoms with Crippen LogP contribution in [0.2, 0.25) is 0 Å². The highest BCUT2D eigenvalue weighted by Crippen LogP contribution is 2.35. The molecule has 0 saturated heterocycles. The lowest BCUT2D eigenvalue weighted by molar-refractivity contribution is -0.137. The maximum atomic E-state index is 13.9. The Hall–Kier alpha value is -2.24. The van der Waals surface area contributed by atoms with Crippen LogP contribution in [0.5, 0.6) is 0 Å². The van der Waals surface area contributed by atoms with Crippen LogP contribution < -0.4 is 0 Å². The molecular weight excluding hydrogens is 278 g/mol. The van der Waals surface area contributed by atoms with Crippen molar-refractivity contribution in [3.63, 3.8) is 0 Å². The lowest BCUT2D eigenvalue weighted by Gasteiger charge is -2.21. The van der Waals surface area contributed by atoms with Gasteiger partial charge in [-0.15, -0.1) is 0 Å². The smallest absolute Gasteiger partial charge is 0.303 e. The van der Waals surface area contributed by atoms with Gasteiger partial charge in [-0.05, 0) is 42.9 Å². The average Bonchev–Trinajstić information content (AvgIpc) is 2.86. The molecule has 0 amide bonds. The van der Waals surface area contributed by atoms with Crippen molar-refractivity contribution in [1.82, 2.24) is 9.78 Å². The van der Waals surface area contributed by atoms with Crippen LogP contribution in [0, 0.1) is 11.6 Å². The van der Waals surface area contributed by atoms with Crippen LogP contribution in [-0.4, -0.2) is 20.9 Å².